The Morgan fingerprint density at radius 1 is 1.32 bits per heavy atom. The van der Waals surface area contributed by atoms with Crippen LogP contribution in [-0.4, -0.2) is 18.5 Å². The van der Waals surface area contributed by atoms with Crippen LogP contribution in [0.15, 0.2) is 46.0 Å². The van der Waals surface area contributed by atoms with Gasteiger partial charge in [0.2, 0.25) is 0 Å². The summed E-state index contributed by atoms with van der Waals surface area (Å²) in [5.41, 5.74) is 5.78. The van der Waals surface area contributed by atoms with Crippen molar-refractivity contribution in [1.29, 1.82) is 0 Å². The fourth-order valence-corrected chi connectivity index (χ4v) is 2.95. The average molecular weight is 344 g/mol. The number of anilines is 2. The highest BCUT2D eigenvalue weighted by Gasteiger charge is 2.17. The number of aromatic nitrogens is 1. The summed E-state index contributed by atoms with van der Waals surface area (Å²) < 4.78 is 27.0. The third kappa shape index (κ3) is 2.96. The minimum absolute atomic E-state index is 0.00636. The van der Waals surface area contributed by atoms with Crippen LogP contribution in [0.1, 0.15) is 0 Å². The normalized spacial score (nSPS) is 11.2. The maximum atomic E-state index is 12.1. The summed E-state index contributed by atoms with van der Waals surface area (Å²) in [5, 5.41) is 9.29. The van der Waals surface area contributed by atoms with Crippen LogP contribution in [-0.2, 0) is 10.0 Å². The molecule has 8 heteroatoms. The number of hydrogen-bond donors (Lipinski definition) is 3. The summed E-state index contributed by atoms with van der Waals surface area (Å²) in [7, 11) is -3.79. The zero-order valence-electron chi connectivity index (χ0n) is 9.54. The first kappa shape index (κ1) is 13.6. The van der Waals surface area contributed by atoms with E-state index < -0.39 is 10.0 Å². The maximum Gasteiger partial charge on any atom is 0.262 e. The van der Waals surface area contributed by atoms with Gasteiger partial charge in [0.15, 0.2) is 0 Å². The summed E-state index contributed by atoms with van der Waals surface area (Å²) in [6.07, 6.45) is 1.53. The number of nitrogens with two attached hydrogens (primary N) is 1. The first-order valence-electron chi connectivity index (χ1n) is 5.12. The van der Waals surface area contributed by atoms with Crippen molar-refractivity contribution >= 4 is 37.3 Å². The zero-order chi connectivity index (χ0) is 14.0. The molecule has 6 nitrogen and oxygen atoms in total. The van der Waals surface area contributed by atoms with Gasteiger partial charge in [-0.15, -0.1) is 0 Å². The fourth-order valence-electron chi connectivity index (χ4n) is 1.37. The van der Waals surface area contributed by atoms with Crippen LogP contribution in [0.4, 0.5) is 11.4 Å². The zero-order valence-corrected chi connectivity index (χ0v) is 11.9. The number of nitrogens with one attached hydrogen (secondary N) is 1. The number of nitrogen functional groups attached to an aromatic ring is 1. The monoisotopic (exact) mass is 343 g/mol. The summed E-state index contributed by atoms with van der Waals surface area (Å²) >= 11 is 3.14. The van der Waals surface area contributed by atoms with Gasteiger partial charge >= 0.3 is 0 Å². The van der Waals surface area contributed by atoms with E-state index in [1.807, 2.05) is 0 Å². The van der Waals surface area contributed by atoms with E-state index in [0.717, 1.165) is 0 Å². The molecule has 19 heavy (non-hydrogen) atoms. The summed E-state index contributed by atoms with van der Waals surface area (Å²) in [5.74, 6) is -0.165. The predicted molar refractivity (Wildman–Crippen MR) is 75.3 cm³/mol. The smallest absolute Gasteiger partial charge is 0.262 e. The molecule has 1 aromatic carbocycles. The standard InChI is InChI=1S/C11H10BrN3O3S/c12-11-9(2-1-5-14-11)15-19(17,18)7-3-4-10(16)8(13)6-7/h1-6,15-16H,13H2. The van der Waals surface area contributed by atoms with Gasteiger partial charge < -0.3 is 10.8 Å². The van der Waals surface area contributed by atoms with Crippen LogP contribution in [0.3, 0.4) is 0 Å². The van der Waals surface area contributed by atoms with Crippen molar-refractivity contribution in [3.8, 4) is 5.75 Å². The Kier molecular flexibility index (Phi) is 3.63. The molecule has 0 spiro atoms. The first-order valence-corrected chi connectivity index (χ1v) is 7.39. The minimum atomic E-state index is -3.79. The van der Waals surface area contributed by atoms with E-state index in [4.69, 9.17) is 5.73 Å². The van der Waals surface area contributed by atoms with Gasteiger partial charge in [0.25, 0.3) is 10.0 Å². The highest BCUT2D eigenvalue weighted by molar-refractivity contribution is 9.10. The number of hydrogen-bond acceptors (Lipinski definition) is 5. The van der Waals surface area contributed by atoms with Gasteiger partial charge in [-0.1, -0.05) is 0 Å². The van der Waals surface area contributed by atoms with Gasteiger partial charge in [-0.2, -0.15) is 0 Å². The van der Waals surface area contributed by atoms with E-state index in [-0.39, 0.29) is 16.3 Å². The van der Waals surface area contributed by atoms with Crippen LogP contribution < -0.4 is 10.5 Å². The van der Waals surface area contributed by atoms with Crippen LogP contribution in [0.5, 0.6) is 5.75 Å². The second-order valence-electron chi connectivity index (χ2n) is 3.67. The minimum Gasteiger partial charge on any atom is -0.506 e. The number of nitrogens with zero attached hydrogens (tertiary/aromatic N) is 1. The van der Waals surface area contributed by atoms with Crippen molar-refractivity contribution in [3.63, 3.8) is 0 Å². The third-order valence-electron chi connectivity index (χ3n) is 2.31. The van der Waals surface area contributed by atoms with Crippen LogP contribution in [0.25, 0.3) is 0 Å². The van der Waals surface area contributed by atoms with Crippen molar-refractivity contribution in [1.82, 2.24) is 4.98 Å². The largest absolute Gasteiger partial charge is 0.506 e. The van der Waals surface area contributed by atoms with E-state index in [1.54, 1.807) is 12.1 Å². The molecule has 0 unspecified atom stereocenters. The number of sulfonamides is 1. The maximum absolute atomic E-state index is 12.1. The molecule has 4 N–H and O–H groups in total. The van der Waals surface area contributed by atoms with Gasteiger partial charge in [0.05, 0.1) is 16.3 Å². The van der Waals surface area contributed by atoms with Gasteiger partial charge in [0, 0.05) is 6.20 Å². The molecule has 0 aliphatic carbocycles. The Morgan fingerprint density at radius 3 is 2.68 bits per heavy atom. The molecule has 0 saturated heterocycles. The lowest BCUT2D eigenvalue weighted by molar-refractivity contribution is 0.477. The van der Waals surface area contributed by atoms with E-state index >= 15 is 0 Å². The lowest BCUT2D eigenvalue weighted by Crippen LogP contribution is -2.13. The molecule has 0 aliphatic heterocycles. The molecule has 100 valence electrons. The molecular weight excluding hydrogens is 334 g/mol. The van der Waals surface area contributed by atoms with Crippen molar-refractivity contribution in [3.05, 3.63) is 41.1 Å². The number of benzene rings is 1. The third-order valence-corrected chi connectivity index (χ3v) is 4.31. The number of phenols is 1. The van der Waals surface area contributed by atoms with Crippen molar-refractivity contribution < 1.29 is 13.5 Å². The average Bonchev–Trinajstić information content (AvgIpc) is 2.35. The first-order chi connectivity index (χ1) is 8.90. The summed E-state index contributed by atoms with van der Waals surface area (Å²) in [6.45, 7) is 0. The predicted octanol–water partition coefficient (Wildman–Crippen LogP) is 1.93. The Hall–Kier alpha value is -1.80. The second-order valence-corrected chi connectivity index (χ2v) is 6.10. The molecule has 0 amide bonds. The second kappa shape index (κ2) is 5.06. The van der Waals surface area contributed by atoms with Crippen molar-refractivity contribution in [2.24, 2.45) is 0 Å². The van der Waals surface area contributed by atoms with Crippen LogP contribution >= 0.6 is 15.9 Å². The van der Waals surface area contributed by atoms with E-state index in [0.29, 0.717) is 10.3 Å². The Balaban J connectivity index is 2.38. The molecule has 0 aliphatic rings. The lowest BCUT2D eigenvalue weighted by Gasteiger charge is -2.09. The topological polar surface area (TPSA) is 105 Å². The number of pyridine rings is 1. The lowest BCUT2D eigenvalue weighted by atomic mass is 10.3. The number of aromatic hydroxyl groups is 1. The summed E-state index contributed by atoms with van der Waals surface area (Å²) in [4.78, 5) is 3.87. The van der Waals surface area contributed by atoms with Gasteiger partial charge in [-0.25, -0.2) is 13.4 Å². The Labute approximate surface area is 118 Å². The van der Waals surface area contributed by atoms with Crippen LogP contribution in [0, 0.1) is 0 Å². The molecule has 0 saturated carbocycles. The Bertz CT molecular complexity index is 719. The van der Waals surface area contributed by atoms with Gasteiger partial charge in [0.1, 0.15) is 10.4 Å². The highest BCUT2D eigenvalue weighted by atomic mass is 79.9. The van der Waals surface area contributed by atoms with Gasteiger partial charge in [-0.3, -0.25) is 4.72 Å². The SMILES string of the molecule is Nc1cc(S(=O)(=O)Nc2cccnc2Br)ccc1O. The van der Waals surface area contributed by atoms with Crippen LogP contribution in [0.2, 0.25) is 0 Å². The van der Waals surface area contributed by atoms with E-state index in [9.17, 15) is 13.5 Å². The van der Waals surface area contributed by atoms with E-state index in [2.05, 4.69) is 25.6 Å². The number of rotatable bonds is 3. The van der Waals surface area contributed by atoms with E-state index in [1.165, 1.54) is 24.4 Å². The molecule has 1 heterocycles. The molecular formula is C11H10BrN3O3S. The molecule has 2 aromatic rings. The van der Waals surface area contributed by atoms with Crippen molar-refractivity contribution in [2.45, 2.75) is 4.90 Å². The molecule has 0 fully saturated rings. The molecule has 0 radical (unpaired) electrons. The molecule has 0 bridgehead atoms. The quantitative estimate of drug-likeness (QED) is 0.448. The molecule has 2 rings (SSSR count). The highest BCUT2D eigenvalue weighted by Crippen LogP contribution is 2.26. The summed E-state index contributed by atoms with van der Waals surface area (Å²) in [6, 6.07) is 6.84. The number of halogens is 1. The number of phenolic OH excluding ortho intramolecular Hbond substituents is 1. The molecule has 0 atom stereocenters. The Morgan fingerprint density at radius 2 is 2.05 bits per heavy atom. The van der Waals surface area contributed by atoms with Crippen molar-refractivity contribution in [2.75, 3.05) is 10.5 Å². The fraction of sp³-hybridized carbons (Fsp3) is 0. The molecule has 1 aromatic heterocycles. The van der Waals surface area contributed by atoms with Gasteiger partial charge in [-0.05, 0) is 46.3 Å².